The average molecular weight is 176 g/mol. The first kappa shape index (κ1) is 11.8. The highest BCUT2D eigenvalue weighted by Crippen LogP contribution is 2.02. The second-order valence-electron chi connectivity index (χ2n) is 2.82. The maximum Gasteiger partial charge on any atom is 0.117 e. The van der Waals surface area contributed by atoms with Gasteiger partial charge < -0.3 is 27.4 Å². The molecule has 8 N–H and O–H groups in total. The molecule has 5 nitrogen and oxygen atoms in total. The summed E-state index contributed by atoms with van der Waals surface area (Å²) in [5.74, 6) is 0. The number of hydrogen-bond donors (Lipinski definition) is 5. The third-order valence-electron chi connectivity index (χ3n) is 1.55. The number of nitrogens with two attached hydrogens (primary N) is 3. The Bertz CT molecular complexity index is 109. The predicted octanol–water partition coefficient (Wildman–Crippen LogP) is -1.76. The maximum atomic E-state index is 8.79. The molecule has 0 rings (SSSR count). The van der Waals surface area contributed by atoms with Gasteiger partial charge in [-0.3, -0.25) is 0 Å². The molecule has 3 atom stereocenters. The van der Waals surface area contributed by atoms with E-state index in [-0.39, 0.29) is 0 Å². The van der Waals surface area contributed by atoms with E-state index >= 15 is 0 Å². The predicted molar refractivity (Wildman–Crippen MR) is 46.5 cm³/mol. The fourth-order valence-electron chi connectivity index (χ4n) is 0.770. The SMILES string of the molecule is NC(O)C[CH]CC[C@H](N)C(N)O. The Labute approximate surface area is 72.5 Å². The van der Waals surface area contributed by atoms with Gasteiger partial charge in [-0.2, -0.15) is 0 Å². The third kappa shape index (κ3) is 6.51. The molecule has 0 saturated heterocycles. The number of hydrogen-bond acceptors (Lipinski definition) is 5. The molecule has 0 bridgehead atoms. The van der Waals surface area contributed by atoms with Gasteiger partial charge in [0, 0.05) is 6.04 Å². The van der Waals surface area contributed by atoms with E-state index in [9.17, 15) is 0 Å². The van der Waals surface area contributed by atoms with Crippen molar-refractivity contribution in [3.05, 3.63) is 6.42 Å². The molecule has 0 saturated carbocycles. The van der Waals surface area contributed by atoms with Crippen molar-refractivity contribution < 1.29 is 10.2 Å². The molecule has 0 aromatic carbocycles. The first-order valence-electron chi connectivity index (χ1n) is 3.98. The minimum absolute atomic E-state index is 0.406. The normalized spacial score (nSPS) is 18.8. The second-order valence-corrected chi connectivity index (χ2v) is 2.82. The summed E-state index contributed by atoms with van der Waals surface area (Å²) in [6.07, 6.45) is 1.79. The summed E-state index contributed by atoms with van der Waals surface area (Å²) in [6, 6.07) is -0.406. The van der Waals surface area contributed by atoms with Crippen LogP contribution in [0.5, 0.6) is 0 Å². The minimum atomic E-state index is -0.971. The van der Waals surface area contributed by atoms with Crippen LogP contribution in [0.3, 0.4) is 0 Å². The highest BCUT2D eigenvalue weighted by molar-refractivity contribution is 4.73. The zero-order chi connectivity index (χ0) is 9.56. The van der Waals surface area contributed by atoms with E-state index in [2.05, 4.69) is 0 Å². The molecular weight excluding hydrogens is 158 g/mol. The van der Waals surface area contributed by atoms with E-state index in [1.54, 1.807) is 0 Å². The summed E-state index contributed by atoms with van der Waals surface area (Å²) in [7, 11) is 0. The Hall–Kier alpha value is -0.200. The first-order chi connectivity index (χ1) is 5.54. The zero-order valence-electron chi connectivity index (χ0n) is 7.06. The number of aliphatic hydroxyl groups is 2. The van der Waals surface area contributed by atoms with Crippen molar-refractivity contribution in [1.29, 1.82) is 0 Å². The van der Waals surface area contributed by atoms with Gasteiger partial charge in [0.05, 0.1) is 0 Å². The van der Waals surface area contributed by atoms with Crippen LogP contribution in [-0.2, 0) is 0 Å². The molecule has 0 aromatic heterocycles. The smallest absolute Gasteiger partial charge is 0.117 e. The van der Waals surface area contributed by atoms with Crippen molar-refractivity contribution >= 4 is 0 Å². The van der Waals surface area contributed by atoms with Crippen LogP contribution < -0.4 is 17.2 Å². The molecule has 1 radical (unpaired) electrons. The first-order valence-corrected chi connectivity index (χ1v) is 3.98. The van der Waals surface area contributed by atoms with Crippen LogP contribution >= 0.6 is 0 Å². The summed E-state index contributed by atoms with van der Waals surface area (Å²) in [6.45, 7) is 0. The Morgan fingerprint density at radius 2 is 1.75 bits per heavy atom. The highest BCUT2D eigenvalue weighted by atomic mass is 16.3. The minimum Gasteiger partial charge on any atom is -0.379 e. The van der Waals surface area contributed by atoms with Crippen LogP contribution in [0.4, 0.5) is 0 Å². The lowest BCUT2D eigenvalue weighted by molar-refractivity contribution is 0.146. The molecule has 0 aliphatic heterocycles. The third-order valence-corrected chi connectivity index (χ3v) is 1.55. The number of rotatable bonds is 6. The largest absolute Gasteiger partial charge is 0.379 e. The van der Waals surface area contributed by atoms with Gasteiger partial charge in [-0.15, -0.1) is 0 Å². The topological polar surface area (TPSA) is 119 Å². The van der Waals surface area contributed by atoms with Crippen LogP contribution in [0.2, 0.25) is 0 Å². The fraction of sp³-hybridized carbons (Fsp3) is 0.857. The van der Waals surface area contributed by atoms with Crippen molar-refractivity contribution in [2.24, 2.45) is 17.2 Å². The zero-order valence-corrected chi connectivity index (χ0v) is 7.06. The van der Waals surface area contributed by atoms with Crippen molar-refractivity contribution in [1.82, 2.24) is 0 Å². The van der Waals surface area contributed by atoms with E-state index in [1.807, 2.05) is 6.42 Å². The lowest BCUT2D eigenvalue weighted by Gasteiger charge is -2.13. The van der Waals surface area contributed by atoms with Crippen LogP contribution in [0.25, 0.3) is 0 Å². The number of aliphatic hydroxyl groups excluding tert-OH is 2. The van der Waals surface area contributed by atoms with Crippen LogP contribution in [0.15, 0.2) is 0 Å². The molecule has 12 heavy (non-hydrogen) atoms. The van der Waals surface area contributed by atoms with Gasteiger partial charge in [0.2, 0.25) is 0 Å². The Morgan fingerprint density at radius 3 is 2.17 bits per heavy atom. The lowest BCUT2D eigenvalue weighted by Crippen LogP contribution is -2.40. The highest BCUT2D eigenvalue weighted by Gasteiger charge is 2.08. The maximum absolute atomic E-state index is 8.79. The van der Waals surface area contributed by atoms with Gasteiger partial charge in [0.1, 0.15) is 12.5 Å². The van der Waals surface area contributed by atoms with E-state index in [0.717, 1.165) is 0 Å². The van der Waals surface area contributed by atoms with Crippen LogP contribution in [0.1, 0.15) is 19.3 Å². The molecule has 73 valence electrons. The Balaban J connectivity index is 3.20. The average Bonchev–Trinajstić information content (AvgIpc) is 1.97. The van der Waals surface area contributed by atoms with Gasteiger partial charge in [-0.25, -0.2) is 0 Å². The van der Waals surface area contributed by atoms with E-state index in [1.165, 1.54) is 0 Å². The fourth-order valence-corrected chi connectivity index (χ4v) is 0.770. The summed E-state index contributed by atoms with van der Waals surface area (Å²) >= 11 is 0. The Morgan fingerprint density at radius 1 is 1.17 bits per heavy atom. The van der Waals surface area contributed by atoms with Gasteiger partial charge in [0.15, 0.2) is 0 Å². The van der Waals surface area contributed by atoms with Gasteiger partial charge >= 0.3 is 0 Å². The van der Waals surface area contributed by atoms with E-state index in [4.69, 9.17) is 27.4 Å². The molecule has 2 unspecified atom stereocenters. The summed E-state index contributed by atoms with van der Waals surface area (Å²) in [5, 5.41) is 17.5. The monoisotopic (exact) mass is 176 g/mol. The van der Waals surface area contributed by atoms with Crippen molar-refractivity contribution in [2.75, 3.05) is 0 Å². The summed E-state index contributed by atoms with van der Waals surface area (Å²) < 4.78 is 0. The molecule has 0 aliphatic rings. The van der Waals surface area contributed by atoms with Gasteiger partial charge in [0.25, 0.3) is 0 Å². The van der Waals surface area contributed by atoms with Gasteiger partial charge in [-0.05, 0) is 25.7 Å². The molecule has 0 aromatic rings. The van der Waals surface area contributed by atoms with E-state index < -0.39 is 18.5 Å². The van der Waals surface area contributed by atoms with Crippen LogP contribution in [-0.4, -0.2) is 28.7 Å². The van der Waals surface area contributed by atoms with Gasteiger partial charge in [-0.1, -0.05) is 0 Å². The molecule has 0 heterocycles. The molecule has 0 aliphatic carbocycles. The van der Waals surface area contributed by atoms with Crippen molar-refractivity contribution in [3.8, 4) is 0 Å². The second kappa shape index (κ2) is 6.33. The van der Waals surface area contributed by atoms with Crippen molar-refractivity contribution in [2.45, 2.75) is 37.8 Å². The quantitative estimate of drug-likeness (QED) is 0.243. The molecular formula is C7H18N3O2. The molecule has 0 amide bonds. The molecule has 0 spiro atoms. The Kier molecular flexibility index (Phi) is 6.23. The molecule has 0 fully saturated rings. The standard InChI is InChI=1S/C7H18N3O2/c8-5(7(10)12)3-1-2-4-6(9)11/h2,5-7,11-12H,1,3-4,8-10H2/t5-,6?,7?/m0/s1. The molecule has 5 heteroatoms. The lowest BCUT2D eigenvalue weighted by atomic mass is 10.1. The summed E-state index contributed by atoms with van der Waals surface area (Å²) in [5.41, 5.74) is 15.7. The summed E-state index contributed by atoms with van der Waals surface area (Å²) in [4.78, 5) is 0. The van der Waals surface area contributed by atoms with E-state index in [0.29, 0.717) is 19.3 Å². The number of unbranched alkanes of at least 4 members (excludes halogenated alkanes) is 1. The van der Waals surface area contributed by atoms with Crippen LogP contribution in [0, 0.1) is 6.42 Å². The van der Waals surface area contributed by atoms with Crippen molar-refractivity contribution in [3.63, 3.8) is 0 Å².